The van der Waals surface area contributed by atoms with Crippen molar-refractivity contribution in [3.05, 3.63) is 54.1 Å². The minimum absolute atomic E-state index is 0.0560. The number of fused-ring (bicyclic) bond motifs is 1. The molecule has 0 atom stereocenters. The molecule has 0 aliphatic carbocycles. The van der Waals surface area contributed by atoms with Crippen LogP contribution in [0.2, 0.25) is 0 Å². The van der Waals surface area contributed by atoms with Gasteiger partial charge in [0.15, 0.2) is 5.75 Å². The fraction of sp³-hybridized carbons (Fsp3) is 0.111. The van der Waals surface area contributed by atoms with Gasteiger partial charge in [0, 0.05) is 18.5 Å². The third-order valence-corrected chi connectivity index (χ3v) is 3.57. The van der Waals surface area contributed by atoms with Crippen molar-refractivity contribution < 1.29 is 10.2 Å². The molecule has 3 aromatic rings. The summed E-state index contributed by atoms with van der Waals surface area (Å²) < 4.78 is 0. The van der Waals surface area contributed by atoms with E-state index in [1.165, 1.54) is 6.07 Å². The Morgan fingerprint density at radius 2 is 1.54 bits per heavy atom. The lowest BCUT2D eigenvalue weighted by atomic mass is 10.1. The van der Waals surface area contributed by atoms with E-state index in [2.05, 4.69) is 20.5 Å². The summed E-state index contributed by atoms with van der Waals surface area (Å²) in [7, 11) is 1.55. The molecule has 0 aliphatic rings. The Morgan fingerprint density at radius 3 is 2.29 bits per heavy atom. The molecule has 0 radical (unpaired) electrons. The van der Waals surface area contributed by atoms with Crippen molar-refractivity contribution in [3.8, 4) is 11.5 Å². The smallest absolute Gasteiger partial charge is 0.150 e. The molecule has 120 valence electrons. The van der Waals surface area contributed by atoms with Crippen LogP contribution in [-0.4, -0.2) is 17.3 Å². The third kappa shape index (κ3) is 3.08. The molecule has 0 amide bonds. The lowest BCUT2D eigenvalue weighted by molar-refractivity contribution is 0.475. The number of nitrogens with zero attached hydrogens (tertiary/aromatic N) is 4. The first-order valence-electron chi connectivity index (χ1n) is 7.35. The molecule has 0 unspecified atom stereocenters. The first-order valence-corrected chi connectivity index (χ1v) is 7.35. The first-order chi connectivity index (χ1) is 11.6. The number of aryl methyl sites for hydroxylation is 1. The average Bonchev–Trinajstić information content (AvgIpc) is 2.56. The second-order valence-corrected chi connectivity index (χ2v) is 5.33. The molecule has 0 bridgehead atoms. The summed E-state index contributed by atoms with van der Waals surface area (Å²) in [4.78, 5) is 0. The molecular formula is C18H16N4O2. The molecule has 0 heterocycles. The van der Waals surface area contributed by atoms with Crippen LogP contribution in [-0.2, 0) is 0 Å². The Kier molecular flexibility index (Phi) is 4.20. The summed E-state index contributed by atoms with van der Waals surface area (Å²) in [6.07, 6.45) is 0. The van der Waals surface area contributed by atoms with Crippen molar-refractivity contribution in [2.75, 3.05) is 7.05 Å². The Morgan fingerprint density at radius 1 is 0.792 bits per heavy atom. The molecule has 3 aromatic carbocycles. The van der Waals surface area contributed by atoms with Crippen molar-refractivity contribution >= 4 is 27.8 Å². The van der Waals surface area contributed by atoms with Gasteiger partial charge in [-0.05, 0) is 30.5 Å². The summed E-state index contributed by atoms with van der Waals surface area (Å²) in [5.41, 5.74) is 2.26. The maximum Gasteiger partial charge on any atom is 0.150 e. The fourth-order valence-electron chi connectivity index (χ4n) is 2.38. The number of phenolic OH excluding ortho intramolecular Hbond substituents is 2. The summed E-state index contributed by atoms with van der Waals surface area (Å²) in [6, 6.07) is 14.0. The highest BCUT2D eigenvalue weighted by Crippen LogP contribution is 2.37. The van der Waals surface area contributed by atoms with Gasteiger partial charge in [-0.2, -0.15) is 10.2 Å². The molecule has 6 nitrogen and oxygen atoms in total. The van der Waals surface area contributed by atoms with Crippen LogP contribution in [0.15, 0.2) is 69.0 Å². The summed E-state index contributed by atoms with van der Waals surface area (Å²) in [5.74, 6) is 0.00620. The fourth-order valence-corrected chi connectivity index (χ4v) is 2.38. The monoisotopic (exact) mass is 320 g/mol. The molecule has 2 N–H and O–H groups in total. The number of rotatable bonds is 3. The van der Waals surface area contributed by atoms with E-state index in [0.717, 1.165) is 10.9 Å². The number of phenols is 2. The molecule has 0 spiro atoms. The zero-order valence-corrected chi connectivity index (χ0v) is 13.3. The summed E-state index contributed by atoms with van der Waals surface area (Å²) in [5, 5.41) is 37.5. The number of azo groups is 2. The van der Waals surface area contributed by atoms with Crippen LogP contribution in [0.3, 0.4) is 0 Å². The van der Waals surface area contributed by atoms with Gasteiger partial charge >= 0.3 is 0 Å². The van der Waals surface area contributed by atoms with Gasteiger partial charge in [0.25, 0.3) is 0 Å². The average molecular weight is 320 g/mol. The van der Waals surface area contributed by atoms with Crippen LogP contribution in [0.1, 0.15) is 5.56 Å². The van der Waals surface area contributed by atoms with Crippen LogP contribution >= 0.6 is 0 Å². The molecule has 0 aliphatic heterocycles. The van der Waals surface area contributed by atoms with E-state index < -0.39 is 0 Å². The van der Waals surface area contributed by atoms with E-state index in [1.807, 2.05) is 31.2 Å². The second kappa shape index (κ2) is 6.45. The normalized spacial score (nSPS) is 11.8. The maximum atomic E-state index is 10.4. The molecule has 0 fully saturated rings. The minimum Gasteiger partial charge on any atom is -0.506 e. The molecule has 3 rings (SSSR count). The molecular weight excluding hydrogens is 304 g/mol. The highest BCUT2D eigenvalue weighted by molar-refractivity contribution is 5.92. The van der Waals surface area contributed by atoms with Crippen LogP contribution in [0, 0.1) is 6.92 Å². The van der Waals surface area contributed by atoms with E-state index in [1.54, 1.807) is 25.2 Å². The highest BCUT2D eigenvalue weighted by Gasteiger charge is 2.07. The van der Waals surface area contributed by atoms with Crippen LogP contribution in [0.25, 0.3) is 10.8 Å². The van der Waals surface area contributed by atoms with E-state index in [0.29, 0.717) is 16.8 Å². The number of hydrogen-bond acceptors (Lipinski definition) is 6. The van der Waals surface area contributed by atoms with Gasteiger partial charge in [-0.15, -0.1) is 10.2 Å². The zero-order valence-electron chi connectivity index (χ0n) is 13.3. The Labute approximate surface area is 138 Å². The zero-order chi connectivity index (χ0) is 17.1. The third-order valence-electron chi connectivity index (χ3n) is 3.57. The summed E-state index contributed by atoms with van der Waals surface area (Å²) >= 11 is 0. The van der Waals surface area contributed by atoms with Crippen LogP contribution in [0.4, 0.5) is 17.1 Å². The van der Waals surface area contributed by atoms with E-state index in [-0.39, 0.29) is 17.2 Å². The minimum atomic E-state index is -0.0560. The predicted molar refractivity (Wildman–Crippen MR) is 93.1 cm³/mol. The lowest BCUT2D eigenvalue weighted by Crippen LogP contribution is -1.77. The quantitative estimate of drug-likeness (QED) is 0.607. The van der Waals surface area contributed by atoms with Crippen molar-refractivity contribution in [1.29, 1.82) is 0 Å². The largest absolute Gasteiger partial charge is 0.506 e. The number of hydrogen-bond donors (Lipinski definition) is 2. The molecule has 0 saturated heterocycles. The summed E-state index contributed by atoms with van der Waals surface area (Å²) in [6.45, 7) is 1.99. The molecule has 6 heteroatoms. The van der Waals surface area contributed by atoms with Crippen LogP contribution in [0.5, 0.6) is 11.5 Å². The SMILES string of the molecule is CN=Nc1ccc(N=Nc2ccc3cc(C)ccc3c2O)c(O)c1. The molecule has 0 aromatic heterocycles. The van der Waals surface area contributed by atoms with Gasteiger partial charge in [0.1, 0.15) is 17.1 Å². The molecule has 24 heavy (non-hydrogen) atoms. The Bertz CT molecular complexity index is 965. The lowest BCUT2D eigenvalue weighted by Gasteiger charge is -2.05. The van der Waals surface area contributed by atoms with E-state index >= 15 is 0 Å². The van der Waals surface area contributed by atoms with Gasteiger partial charge in [0.05, 0.1) is 5.69 Å². The van der Waals surface area contributed by atoms with Crippen molar-refractivity contribution in [3.63, 3.8) is 0 Å². The van der Waals surface area contributed by atoms with Crippen molar-refractivity contribution in [1.82, 2.24) is 0 Å². The van der Waals surface area contributed by atoms with E-state index in [9.17, 15) is 10.2 Å². The maximum absolute atomic E-state index is 10.4. The van der Waals surface area contributed by atoms with E-state index in [4.69, 9.17) is 0 Å². The molecule has 0 saturated carbocycles. The second-order valence-electron chi connectivity index (χ2n) is 5.33. The predicted octanol–water partition coefficient (Wildman–Crippen LogP) is 5.69. The van der Waals surface area contributed by atoms with Crippen molar-refractivity contribution in [2.24, 2.45) is 20.5 Å². The first kappa shape index (κ1) is 15.6. The Balaban J connectivity index is 1.96. The van der Waals surface area contributed by atoms with Gasteiger partial charge in [0.2, 0.25) is 0 Å². The number of benzene rings is 3. The standard InChI is InChI=1S/C18H16N4O2/c1-11-3-6-14-12(9-11)4-7-16(18(14)24)22-21-15-8-5-13(20-19-2)10-17(15)23/h3-10,23-24H,1-2H3. The van der Waals surface area contributed by atoms with Crippen molar-refractivity contribution in [2.45, 2.75) is 6.92 Å². The number of aromatic hydroxyl groups is 2. The van der Waals surface area contributed by atoms with Gasteiger partial charge in [-0.3, -0.25) is 0 Å². The highest BCUT2D eigenvalue weighted by atomic mass is 16.3. The van der Waals surface area contributed by atoms with Crippen LogP contribution < -0.4 is 0 Å². The Hall–Kier alpha value is -3.28. The topological polar surface area (TPSA) is 89.9 Å². The van der Waals surface area contributed by atoms with Gasteiger partial charge < -0.3 is 10.2 Å². The van der Waals surface area contributed by atoms with Gasteiger partial charge in [-0.25, -0.2) is 0 Å². The van der Waals surface area contributed by atoms with Gasteiger partial charge in [-0.1, -0.05) is 29.8 Å².